The Morgan fingerprint density at radius 2 is 1.93 bits per heavy atom. The van der Waals surface area contributed by atoms with Crippen molar-refractivity contribution in [3.05, 3.63) is 63.6 Å². The van der Waals surface area contributed by atoms with Crippen molar-refractivity contribution in [2.45, 2.75) is 46.6 Å². The van der Waals surface area contributed by atoms with Gasteiger partial charge in [0.1, 0.15) is 17.0 Å². The van der Waals surface area contributed by atoms with Crippen molar-refractivity contribution < 1.29 is 9.53 Å². The highest BCUT2D eigenvalue weighted by Crippen LogP contribution is 2.31. The largest absolute Gasteiger partial charge is 0.495 e. The second-order valence-corrected chi connectivity index (χ2v) is 8.10. The van der Waals surface area contributed by atoms with Crippen LogP contribution in [0.2, 0.25) is 0 Å². The van der Waals surface area contributed by atoms with Gasteiger partial charge in [-0.15, -0.1) is 0 Å². The van der Waals surface area contributed by atoms with Crippen LogP contribution < -0.4 is 15.5 Å². The molecule has 0 saturated heterocycles. The van der Waals surface area contributed by atoms with Gasteiger partial charge in [-0.2, -0.15) is 0 Å². The molecule has 0 aliphatic carbocycles. The number of hydrogen-bond acceptors (Lipinski definition) is 4. The second kappa shape index (κ2) is 7.70. The fourth-order valence-electron chi connectivity index (χ4n) is 3.22. The number of hydrogen-bond donors (Lipinski definition) is 1. The molecule has 0 aliphatic heterocycles. The number of aryl methyl sites for hydroxylation is 2. The van der Waals surface area contributed by atoms with E-state index in [9.17, 15) is 9.59 Å². The van der Waals surface area contributed by atoms with E-state index in [1.165, 1.54) is 0 Å². The summed E-state index contributed by atoms with van der Waals surface area (Å²) >= 11 is 0. The summed E-state index contributed by atoms with van der Waals surface area (Å²) in [5.41, 5.74) is 2.65. The van der Waals surface area contributed by atoms with Gasteiger partial charge in [0.2, 0.25) is 5.43 Å². The monoisotopic (exact) mass is 393 g/mol. The number of nitrogens with one attached hydrogen (secondary N) is 1. The lowest BCUT2D eigenvalue weighted by Gasteiger charge is -2.21. The average Bonchev–Trinajstić information content (AvgIpc) is 2.67. The number of pyridine rings is 2. The van der Waals surface area contributed by atoms with Gasteiger partial charge >= 0.3 is 0 Å². The molecule has 1 aromatic carbocycles. The summed E-state index contributed by atoms with van der Waals surface area (Å²) < 4.78 is 7.22. The van der Waals surface area contributed by atoms with Gasteiger partial charge in [-0.05, 0) is 49.1 Å². The Hall–Kier alpha value is -3.15. The van der Waals surface area contributed by atoms with Gasteiger partial charge in [-0.3, -0.25) is 9.59 Å². The van der Waals surface area contributed by atoms with E-state index in [0.29, 0.717) is 29.0 Å². The number of anilines is 1. The van der Waals surface area contributed by atoms with Gasteiger partial charge in [0, 0.05) is 18.4 Å². The van der Waals surface area contributed by atoms with E-state index in [4.69, 9.17) is 4.74 Å². The van der Waals surface area contributed by atoms with Crippen LogP contribution in [0.5, 0.6) is 5.75 Å². The molecule has 0 unspecified atom stereocenters. The fourth-order valence-corrected chi connectivity index (χ4v) is 3.22. The van der Waals surface area contributed by atoms with Crippen LogP contribution in [0, 0.1) is 6.92 Å². The molecule has 0 bridgehead atoms. The highest BCUT2D eigenvalue weighted by molar-refractivity contribution is 6.06. The van der Waals surface area contributed by atoms with E-state index >= 15 is 0 Å². The van der Waals surface area contributed by atoms with E-state index < -0.39 is 5.91 Å². The third-order valence-electron chi connectivity index (χ3n) is 4.96. The molecule has 2 heterocycles. The Kier molecular flexibility index (Phi) is 5.46. The van der Waals surface area contributed by atoms with Crippen LogP contribution in [-0.4, -0.2) is 22.6 Å². The minimum Gasteiger partial charge on any atom is -0.495 e. The molecular formula is C23H27N3O3. The summed E-state index contributed by atoms with van der Waals surface area (Å²) in [5, 5.41) is 3.29. The maximum Gasteiger partial charge on any atom is 0.261 e. The maximum atomic E-state index is 13.0. The number of carbonyl (C=O) groups excluding carboxylic acids is 1. The first kappa shape index (κ1) is 20.6. The minimum atomic E-state index is -0.468. The first-order valence-corrected chi connectivity index (χ1v) is 9.66. The lowest BCUT2D eigenvalue weighted by atomic mass is 9.87. The van der Waals surface area contributed by atoms with Crippen molar-refractivity contribution in [1.82, 2.24) is 9.55 Å². The Morgan fingerprint density at radius 3 is 2.55 bits per heavy atom. The molecule has 6 nitrogen and oxygen atoms in total. The molecule has 0 fully saturated rings. The molecule has 0 atom stereocenters. The van der Waals surface area contributed by atoms with Crippen molar-refractivity contribution in [3.8, 4) is 5.75 Å². The lowest BCUT2D eigenvalue weighted by molar-refractivity contribution is 0.102. The Balaban J connectivity index is 2.08. The molecule has 1 amide bonds. The van der Waals surface area contributed by atoms with Crippen LogP contribution in [0.4, 0.5) is 5.69 Å². The molecule has 0 saturated carbocycles. The predicted molar refractivity (Wildman–Crippen MR) is 116 cm³/mol. The highest BCUT2D eigenvalue weighted by Gasteiger charge is 2.20. The average molecular weight is 393 g/mol. The number of fused-ring (bicyclic) bond motifs is 1. The van der Waals surface area contributed by atoms with Gasteiger partial charge < -0.3 is 14.6 Å². The lowest BCUT2D eigenvalue weighted by Crippen LogP contribution is -2.24. The normalized spacial score (nSPS) is 11.5. The summed E-state index contributed by atoms with van der Waals surface area (Å²) in [6.45, 7) is 10.7. The van der Waals surface area contributed by atoms with E-state index in [1.807, 2.05) is 36.6 Å². The first-order chi connectivity index (χ1) is 13.7. The molecule has 29 heavy (non-hydrogen) atoms. The van der Waals surface area contributed by atoms with Gasteiger partial charge in [-0.25, -0.2) is 4.98 Å². The molecule has 3 rings (SSSR count). The third kappa shape index (κ3) is 4.01. The smallest absolute Gasteiger partial charge is 0.261 e. The van der Waals surface area contributed by atoms with E-state index in [0.717, 1.165) is 11.3 Å². The first-order valence-electron chi connectivity index (χ1n) is 9.66. The topological polar surface area (TPSA) is 73.2 Å². The number of amides is 1. The summed E-state index contributed by atoms with van der Waals surface area (Å²) in [6, 6.07) is 9.20. The molecule has 0 spiro atoms. The molecule has 0 aliphatic rings. The summed E-state index contributed by atoms with van der Waals surface area (Å²) in [7, 11) is 1.55. The Labute approximate surface area is 170 Å². The summed E-state index contributed by atoms with van der Waals surface area (Å²) in [5.74, 6) is 0.0734. The van der Waals surface area contributed by atoms with Crippen molar-refractivity contribution in [2.75, 3.05) is 12.4 Å². The van der Waals surface area contributed by atoms with Gasteiger partial charge in [0.25, 0.3) is 5.91 Å². The number of rotatable bonds is 4. The van der Waals surface area contributed by atoms with E-state index in [-0.39, 0.29) is 16.4 Å². The minimum absolute atomic E-state index is 0.0771. The zero-order chi connectivity index (χ0) is 21.3. The van der Waals surface area contributed by atoms with Crippen LogP contribution in [0.25, 0.3) is 11.0 Å². The molecule has 2 aromatic heterocycles. The number of ether oxygens (including phenoxy) is 1. The predicted octanol–water partition coefficient (Wildman–Crippen LogP) is 4.28. The van der Waals surface area contributed by atoms with Crippen molar-refractivity contribution in [1.29, 1.82) is 0 Å². The van der Waals surface area contributed by atoms with Crippen molar-refractivity contribution in [2.24, 2.45) is 0 Å². The Bertz CT molecular complexity index is 1140. The van der Waals surface area contributed by atoms with Crippen molar-refractivity contribution in [3.63, 3.8) is 0 Å². The SMILES string of the molecule is CCn1cc(C(=O)Nc2cc(C(C)(C)C)ccc2OC)c(=O)c2ccc(C)nc21. The van der Waals surface area contributed by atoms with Gasteiger partial charge in [0.05, 0.1) is 18.2 Å². The number of aromatic nitrogens is 2. The molecule has 6 heteroatoms. The number of methoxy groups -OCH3 is 1. The maximum absolute atomic E-state index is 13.0. The molecule has 0 radical (unpaired) electrons. The molecule has 3 aromatic rings. The van der Waals surface area contributed by atoms with Gasteiger partial charge in [-0.1, -0.05) is 26.8 Å². The zero-order valence-electron chi connectivity index (χ0n) is 17.8. The van der Waals surface area contributed by atoms with Crippen LogP contribution in [0.1, 0.15) is 49.3 Å². The summed E-state index contributed by atoms with van der Waals surface area (Å²) in [6.07, 6.45) is 1.58. The van der Waals surface area contributed by atoms with Crippen LogP contribution in [0.15, 0.2) is 41.3 Å². The van der Waals surface area contributed by atoms with E-state index in [1.54, 1.807) is 25.4 Å². The van der Waals surface area contributed by atoms with Crippen LogP contribution >= 0.6 is 0 Å². The van der Waals surface area contributed by atoms with Crippen LogP contribution in [0.3, 0.4) is 0 Å². The number of nitrogens with zero attached hydrogens (tertiary/aromatic N) is 2. The van der Waals surface area contributed by atoms with Gasteiger partial charge in [0.15, 0.2) is 0 Å². The summed E-state index contributed by atoms with van der Waals surface area (Å²) in [4.78, 5) is 30.5. The number of benzene rings is 1. The Morgan fingerprint density at radius 1 is 1.21 bits per heavy atom. The number of carbonyl (C=O) groups is 1. The molecular weight excluding hydrogens is 366 g/mol. The third-order valence-corrected chi connectivity index (χ3v) is 4.96. The van der Waals surface area contributed by atoms with E-state index in [2.05, 4.69) is 31.1 Å². The van der Waals surface area contributed by atoms with Crippen molar-refractivity contribution >= 4 is 22.6 Å². The molecule has 1 N–H and O–H groups in total. The van der Waals surface area contributed by atoms with Crippen LogP contribution in [-0.2, 0) is 12.0 Å². The zero-order valence-corrected chi connectivity index (χ0v) is 17.8. The standard InChI is InChI=1S/C23H27N3O3/c1-7-26-13-17(20(27)16-10-8-14(2)24-21(16)26)22(28)25-18-12-15(23(3,4)5)9-11-19(18)29-6/h8-13H,7H2,1-6H3,(H,25,28). The fraction of sp³-hybridized carbons (Fsp3) is 0.348. The quantitative estimate of drug-likeness (QED) is 0.718. The second-order valence-electron chi connectivity index (χ2n) is 8.10. The molecule has 152 valence electrons. The highest BCUT2D eigenvalue weighted by atomic mass is 16.5.